The minimum atomic E-state index is -4.43. The molecule has 2 N–H and O–H groups in total. The highest BCUT2D eigenvalue weighted by Gasteiger charge is 2.32. The molecule has 1 heterocycles. The van der Waals surface area contributed by atoms with Crippen LogP contribution in [0.15, 0.2) is 24.3 Å². The summed E-state index contributed by atoms with van der Waals surface area (Å²) in [7, 11) is 0. The normalized spacial score (nSPS) is 23.4. The van der Waals surface area contributed by atoms with Gasteiger partial charge in [0.1, 0.15) is 0 Å². The van der Waals surface area contributed by atoms with Crippen LogP contribution in [0, 0.1) is 5.92 Å². The number of β-amino-alcohol motifs (C(OH)–C–C–N with tert-alkyl or cyclic N) is 1. The Labute approximate surface area is 164 Å². The Kier molecular flexibility index (Phi) is 6.99. The van der Waals surface area contributed by atoms with Gasteiger partial charge in [-0.2, -0.15) is 13.2 Å². The fourth-order valence-corrected chi connectivity index (χ4v) is 4.27. The van der Waals surface area contributed by atoms with Crippen molar-refractivity contribution in [2.75, 3.05) is 19.6 Å². The Hall–Kier alpha value is -1.60. The lowest BCUT2D eigenvalue weighted by molar-refractivity contribution is -0.137. The number of carbonyl (C=O) groups excluding carboxylic acids is 1. The van der Waals surface area contributed by atoms with Gasteiger partial charge in [0.2, 0.25) is 5.91 Å². The van der Waals surface area contributed by atoms with Crippen LogP contribution in [0.2, 0.25) is 0 Å². The molecule has 1 aromatic carbocycles. The lowest BCUT2D eigenvalue weighted by Crippen LogP contribution is -2.47. The molecular formula is C21H29F3N2O2. The maximum absolute atomic E-state index is 12.9. The van der Waals surface area contributed by atoms with E-state index in [1.54, 1.807) is 0 Å². The van der Waals surface area contributed by atoms with Crippen LogP contribution in [0.5, 0.6) is 0 Å². The van der Waals surface area contributed by atoms with Gasteiger partial charge in [-0.05, 0) is 49.9 Å². The Morgan fingerprint density at radius 2 is 1.93 bits per heavy atom. The third-order valence-electron chi connectivity index (χ3n) is 5.86. The van der Waals surface area contributed by atoms with Gasteiger partial charge < -0.3 is 10.4 Å². The molecule has 1 aliphatic carbocycles. The second kappa shape index (κ2) is 9.27. The smallest absolute Gasteiger partial charge is 0.387 e. The summed E-state index contributed by atoms with van der Waals surface area (Å²) in [6, 6.07) is 5.10. The van der Waals surface area contributed by atoms with Crippen molar-refractivity contribution in [2.24, 2.45) is 5.92 Å². The summed E-state index contributed by atoms with van der Waals surface area (Å²) in [6.07, 6.45) is 1.85. The van der Waals surface area contributed by atoms with Gasteiger partial charge in [0.15, 0.2) is 0 Å². The average molecular weight is 398 g/mol. The van der Waals surface area contributed by atoms with E-state index in [1.807, 2.05) is 4.90 Å². The number of nitrogens with zero attached hydrogens (tertiary/aromatic N) is 1. The fraction of sp³-hybridized carbons (Fsp3) is 0.667. The summed E-state index contributed by atoms with van der Waals surface area (Å²) >= 11 is 0. The van der Waals surface area contributed by atoms with Crippen molar-refractivity contribution in [3.8, 4) is 0 Å². The molecule has 2 aliphatic rings. The molecule has 7 heteroatoms. The lowest BCUT2D eigenvalue weighted by atomic mass is 9.92. The Morgan fingerprint density at radius 1 is 1.18 bits per heavy atom. The molecule has 28 heavy (non-hydrogen) atoms. The first-order chi connectivity index (χ1) is 13.3. The maximum atomic E-state index is 12.9. The molecule has 0 aromatic heterocycles. The van der Waals surface area contributed by atoms with E-state index in [2.05, 4.69) is 5.32 Å². The van der Waals surface area contributed by atoms with E-state index >= 15 is 0 Å². The predicted molar refractivity (Wildman–Crippen MR) is 101 cm³/mol. The van der Waals surface area contributed by atoms with Crippen molar-refractivity contribution in [1.29, 1.82) is 0 Å². The first kappa shape index (κ1) is 21.1. The van der Waals surface area contributed by atoms with Gasteiger partial charge in [-0.3, -0.25) is 9.69 Å². The zero-order valence-corrected chi connectivity index (χ0v) is 16.0. The molecule has 1 saturated heterocycles. The van der Waals surface area contributed by atoms with E-state index in [-0.39, 0.29) is 30.0 Å². The van der Waals surface area contributed by atoms with E-state index < -0.39 is 17.8 Å². The predicted octanol–water partition coefficient (Wildman–Crippen LogP) is 3.90. The SMILES string of the molecule is O=C(NC1CCCCC1)[C@H]1CCCN(C[C@@H](O)c2cccc(C(F)(F)F)c2)C1. The van der Waals surface area contributed by atoms with Gasteiger partial charge >= 0.3 is 6.18 Å². The van der Waals surface area contributed by atoms with Crippen molar-refractivity contribution < 1.29 is 23.1 Å². The summed E-state index contributed by atoms with van der Waals surface area (Å²) in [6.45, 7) is 1.51. The second-order valence-corrected chi connectivity index (χ2v) is 8.08. The molecule has 2 atom stereocenters. The number of nitrogens with one attached hydrogen (secondary N) is 1. The highest BCUT2D eigenvalue weighted by Crippen LogP contribution is 2.31. The lowest BCUT2D eigenvalue weighted by Gasteiger charge is -2.34. The number of piperidine rings is 1. The van der Waals surface area contributed by atoms with Gasteiger partial charge in [-0.25, -0.2) is 0 Å². The standard InChI is InChI=1S/C21H29F3N2O2/c22-21(23,24)17-8-4-6-15(12-17)19(27)14-26-11-5-7-16(13-26)20(28)25-18-9-2-1-3-10-18/h4,6,8,12,16,18-19,27H,1-3,5,7,9-11,13-14H2,(H,25,28)/t16-,19+/m0/s1. The van der Waals surface area contributed by atoms with E-state index in [0.29, 0.717) is 6.54 Å². The quantitative estimate of drug-likeness (QED) is 0.791. The van der Waals surface area contributed by atoms with Crippen molar-refractivity contribution in [1.82, 2.24) is 10.2 Å². The number of hydrogen-bond acceptors (Lipinski definition) is 3. The molecule has 4 nitrogen and oxygen atoms in total. The van der Waals surface area contributed by atoms with Crippen LogP contribution in [-0.4, -0.2) is 41.6 Å². The third-order valence-corrected chi connectivity index (χ3v) is 5.86. The number of alkyl halides is 3. The number of halogens is 3. The number of benzene rings is 1. The number of rotatable bonds is 5. The Balaban J connectivity index is 1.55. The van der Waals surface area contributed by atoms with Crippen LogP contribution in [0.3, 0.4) is 0 Å². The van der Waals surface area contributed by atoms with Gasteiger partial charge in [0.25, 0.3) is 0 Å². The molecular weight excluding hydrogens is 369 g/mol. The number of likely N-dealkylation sites (tertiary alicyclic amines) is 1. The number of aliphatic hydroxyl groups excluding tert-OH is 1. The molecule has 1 saturated carbocycles. The molecule has 1 aromatic rings. The number of hydrogen-bond donors (Lipinski definition) is 2. The van der Waals surface area contributed by atoms with E-state index in [9.17, 15) is 23.1 Å². The molecule has 156 valence electrons. The molecule has 0 unspecified atom stereocenters. The minimum Gasteiger partial charge on any atom is -0.387 e. The molecule has 2 fully saturated rings. The summed E-state index contributed by atoms with van der Waals surface area (Å²) in [5.74, 6) is -0.0467. The maximum Gasteiger partial charge on any atom is 0.416 e. The number of aliphatic hydroxyl groups is 1. The van der Waals surface area contributed by atoms with Crippen molar-refractivity contribution in [3.05, 3.63) is 35.4 Å². The molecule has 0 spiro atoms. The van der Waals surface area contributed by atoms with Crippen molar-refractivity contribution in [3.63, 3.8) is 0 Å². The van der Waals surface area contributed by atoms with Crippen LogP contribution < -0.4 is 5.32 Å². The van der Waals surface area contributed by atoms with Crippen LogP contribution in [-0.2, 0) is 11.0 Å². The second-order valence-electron chi connectivity index (χ2n) is 8.08. The fourth-order valence-electron chi connectivity index (χ4n) is 4.27. The monoisotopic (exact) mass is 398 g/mol. The number of amides is 1. The van der Waals surface area contributed by atoms with Gasteiger partial charge in [0.05, 0.1) is 17.6 Å². The van der Waals surface area contributed by atoms with Crippen LogP contribution in [0.25, 0.3) is 0 Å². The minimum absolute atomic E-state index is 0.0742. The van der Waals surface area contributed by atoms with E-state index in [4.69, 9.17) is 0 Å². The van der Waals surface area contributed by atoms with Crippen molar-refractivity contribution >= 4 is 5.91 Å². The summed E-state index contributed by atoms with van der Waals surface area (Å²) in [5.41, 5.74) is -0.504. The Morgan fingerprint density at radius 3 is 2.64 bits per heavy atom. The summed E-state index contributed by atoms with van der Waals surface area (Å²) in [5, 5.41) is 13.6. The summed E-state index contributed by atoms with van der Waals surface area (Å²) in [4.78, 5) is 14.6. The highest BCUT2D eigenvalue weighted by molar-refractivity contribution is 5.79. The molecule has 0 radical (unpaired) electrons. The topological polar surface area (TPSA) is 52.6 Å². The highest BCUT2D eigenvalue weighted by atomic mass is 19.4. The van der Waals surface area contributed by atoms with E-state index in [1.165, 1.54) is 18.6 Å². The van der Waals surface area contributed by atoms with Gasteiger partial charge in [-0.1, -0.05) is 31.4 Å². The largest absolute Gasteiger partial charge is 0.416 e. The zero-order chi connectivity index (χ0) is 20.1. The van der Waals surface area contributed by atoms with Crippen LogP contribution in [0.1, 0.15) is 62.2 Å². The summed E-state index contributed by atoms with van der Waals surface area (Å²) < 4.78 is 38.7. The van der Waals surface area contributed by atoms with Gasteiger partial charge in [-0.15, -0.1) is 0 Å². The molecule has 1 aliphatic heterocycles. The molecule has 0 bridgehead atoms. The van der Waals surface area contributed by atoms with Crippen molar-refractivity contribution in [2.45, 2.75) is 63.3 Å². The Bertz CT molecular complexity index is 659. The average Bonchev–Trinajstić information content (AvgIpc) is 2.68. The molecule has 1 amide bonds. The zero-order valence-electron chi connectivity index (χ0n) is 16.0. The first-order valence-electron chi connectivity index (χ1n) is 10.2. The first-order valence-corrected chi connectivity index (χ1v) is 10.2. The van der Waals surface area contributed by atoms with E-state index in [0.717, 1.165) is 57.2 Å². The van der Waals surface area contributed by atoms with Gasteiger partial charge in [0, 0.05) is 19.1 Å². The third kappa shape index (κ3) is 5.70. The van der Waals surface area contributed by atoms with Crippen LogP contribution in [0.4, 0.5) is 13.2 Å². The van der Waals surface area contributed by atoms with Crippen LogP contribution >= 0.6 is 0 Å². The molecule has 3 rings (SSSR count). The number of carbonyl (C=O) groups is 1.